The van der Waals surface area contributed by atoms with E-state index in [1.807, 2.05) is 6.92 Å². The molecule has 2 unspecified atom stereocenters. The molecular weight excluding hydrogens is 250 g/mol. The summed E-state index contributed by atoms with van der Waals surface area (Å²) in [5, 5.41) is 2.44. The van der Waals surface area contributed by atoms with Crippen molar-refractivity contribution in [3.8, 4) is 0 Å². The summed E-state index contributed by atoms with van der Waals surface area (Å²) in [5.74, 6) is -0.586. The first-order chi connectivity index (χ1) is 7.08. The van der Waals surface area contributed by atoms with Crippen LogP contribution in [0.1, 0.15) is 20.3 Å². The SMILES string of the molecule is CNC(C)CC(C)S(=O)(=O)CCS(C)(=O)=O. The first-order valence-corrected chi connectivity index (χ1v) is 8.92. The van der Waals surface area contributed by atoms with Crippen LogP contribution in [0.2, 0.25) is 0 Å². The van der Waals surface area contributed by atoms with E-state index in [9.17, 15) is 16.8 Å². The number of hydrogen-bond acceptors (Lipinski definition) is 5. The molecule has 0 aliphatic heterocycles. The Kier molecular flexibility index (Phi) is 5.92. The molecule has 0 amide bonds. The van der Waals surface area contributed by atoms with Gasteiger partial charge in [-0.15, -0.1) is 0 Å². The summed E-state index contributed by atoms with van der Waals surface area (Å²) >= 11 is 0. The van der Waals surface area contributed by atoms with E-state index < -0.39 is 24.9 Å². The molecule has 2 atom stereocenters. The lowest BCUT2D eigenvalue weighted by Gasteiger charge is -2.16. The zero-order valence-corrected chi connectivity index (χ0v) is 11.9. The summed E-state index contributed by atoms with van der Waals surface area (Å²) in [6, 6.07) is 0.100. The number of rotatable bonds is 7. The van der Waals surface area contributed by atoms with E-state index in [0.29, 0.717) is 6.42 Å². The predicted octanol–water partition coefficient (Wildman–Crippen LogP) is -0.168. The van der Waals surface area contributed by atoms with Crippen molar-refractivity contribution in [2.24, 2.45) is 0 Å². The Labute approximate surface area is 98.5 Å². The van der Waals surface area contributed by atoms with Gasteiger partial charge in [-0.05, 0) is 27.3 Å². The summed E-state index contributed by atoms with van der Waals surface area (Å²) in [6.07, 6.45) is 1.53. The second-order valence-electron chi connectivity index (χ2n) is 4.23. The molecule has 0 rings (SSSR count). The van der Waals surface area contributed by atoms with Crippen LogP contribution in [0.4, 0.5) is 0 Å². The molecule has 0 aromatic carbocycles. The Morgan fingerprint density at radius 2 is 1.56 bits per heavy atom. The highest BCUT2D eigenvalue weighted by atomic mass is 32.2. The lowest BCUT2D eigenvalue weighted by Crippen LogP contribution is -2.32. The van der Waals surface area contributed by atoms with Crippen molar-refractivity contribution in [2.45, 2.75) is 31.6 Å². The van der Waals surface area contributed by atoms with Crippen LogP contribution in [0.25, 0.3) is 0 Å². The molecule has 0 spiro atoms. The first kappa shape index (κ1) is 15.9. The van der Waals surface area contributed by atoms with Gasteiger partial charge in [0, 0.05) is 12.3 Å². The fourth-order valence-corrected chi connectivity index (χ4v) is 4.36. The maximum absolute atomic E-state index is 11.7. The third-order valence-electron chi connectivity index (χ3n) is 2.53. The highest BCUT2D eigenvalue weighted by Crippen LogP contribution is 2.09. The van der Waals surface area contributed by atoms with Gasteiger partial charge in [0.2, 0.25) is 0 Å². The zero-order valence-electron chi connectivity index (χ0n) is 10.2. The average molecular weight is 271 g/mol. The predicted molar refractivity (Wildman–Crippen MR) is 66.1 cm³/mol. The Bertz CT molecular complexity index is 399. The van der Waals surface area contributed by atoms with Crippen LogP contribution in [0, 0.1) is 0 Å². The molecule has 0 fully saturated rings. The summed E-state index contributed by atoms with van der Waals surface area (Å²) < 4.78 is 45.3. The van der Waals surface area contributed by atoms with Crippen molar-refractivity contribution in [3.63, 3.8) is 0 Å². The van der Waals surface area contributed by atoms with Crippen molar-refractivity contribution >= 4 is 19.7 Å². The maximum atomic E-state index is 11.7. The van der Waals surface area contributed by atoms with Crippen LogP contribution in [0.3, 0.4) is 0 Å². The van der Waals surface area contributed by atoms with Crippen molar-refractivity contribution in [1.82, 2.24) is 5.32 Å². The van der Waals surface area contributed by atoms with E-state index in [2.05, 4.69) is 5.32 Å². The van der Waals surface area contributed by atoms with Crippen LogP contribution >= 0.6 is 0 Å². The van der Waals surface area contributed by atoms with E-state index in [1.54, 1.807) is 14.0 Å². The van der Waals surface area contributed by atoms with Gasteiger partial charge in [0.1, 0.15) is 9.84 Å². The van der Waals surface area contributed by atoms with Crippen LogP contribution in [0.5, 0.6) is 0 Å². The van der Waals surface area contributed by atoms with E-state index in [-0.39, 0.29) is 17.5 Å². The molecule has 0 saturated heterocycles. The second kappa shape index (κ2) is 5.97. The van der Waals surface area contributed by atoms with Crippen molar-refractivity contribution in [2.75, 3.05) is 24.8 Å². The van der Waals surface area contributed by atoms with Gasteiger partial charge in [-0.3, -0.25) is 0 Å². The standard InChI is InChI=1S/C9H21NO4S2/c1-8(10-3)7-9(2)16(13,14)6-5-15(4,11)12/h8-10H,5-7H2,1-4H3. The van der Waals surface area contributed by atoms with Gasteiger partial charge < -0.3 is 5.32 Å². The molecule has 5 nitrogen and oxygen atoms in total. The van der Waals surface area contributed by atoms with Crippen LogP contribution in [-0.2, 0) is 19.7 Å². The van der Waals surface area contributed by atoms with E-state index in [0.717, 1.165) is 6.26 Å². The maximum Gasteiger partial charge on any atom is 0.153 e. The van der Waals surface area contributed by atoms with E-state index in [4.69, 9.17) is 0 Å². The average Bonchev–Trinajstić information content (AvgIpc) is 2.13. The number of sulfone groups is 2. The lowest BCUT2D eigenvalue weighted by atomic mass is 10.2. The van der Waals surface area contributed by atoms with Crippen molar-refractivity contribution < 1.29 is 16.8 Å². The quantitative estimate of drug-likeness (QED) is 0.695. The minimum Gasteiger partial charge on any atom is -0.317 e. The number of nitrogens with one attached hydrogen (secondary N) is 1. The third-order valence-corrected chi connectivity index (χ3v) is 5.93. The van der Waals surface area contributed by atoms with Gasteiger partial charge in [-0.1, -0.05) is 0 Å². The molecule has 1 N–H and O–H groups in total. The molecule has 7 heteroatoms. The fraction of sp³-hybridized carbons (Fsp3) is 1.00. The fourth-order valence-electron chi connectivity index (χ4n) is 1.23. The molecule has 0 saturated carbocycles. The molecule has 16 heavy (non-hydrogen) atoms. The highest BCUT2D eigenvalue weighted by Gasteiger charge is 2.23. The summed E-state index contributed by atoms with van der Waals surface area (Å²) in [5.41, 5.74) is 0. The largest absolute Gasteiger partial charge is 0.317 e. The van der Waals surface area contributed by atoms with Crippen LogP contribution in [-0.4, -0.2) is 52.9 Å². The van der Waals surface area contributed by atoms with Gasteiger partial charge >= 0.3 is 0 Å². The topological polar surface area (TPSA) is 80.3 Å². The van der Waals surface area contributed by atoms with Gasteiger partial charge in [-0.2, -0.15) is 0 Å². The number of hydrogen-bond donors (Lipinski definition) is 1. The Morgan fingerprint density at radius 3 is 1.94 bits per heavy atom. The molecule has 98 valence electrons. The third kappa shape index (κ3) is 6.44. The molecule has 0 aromatic heterocycles. The Hall–Kier alpha value is -0.140. The molecule has 0 aliphatic rings. The van der Waals surface area contributed by atoms with Gasteiger partial charge in [-0.25, -0.2) is 16.8 Å². The van der Waals surface area contributed by atoms with Gasteiger partial charge in [0.05, 0.1) is 16.8 Å². The highest BCUT2D eigenvalue weighted by molar-refractivity contribution is 7.95. The van der Waals surface area contributed by atoms with Crippen molar-refractivity contribution in [3.05, 3.63) is 0 Å². The molecular formula is C9H21NO4S2. The lowest BCUT2D eigenvalue weighted by molar-refractivity contribution is 0.530. The Balaban J connectivity index is 4.44. The normalized spacial score (nSPS) is 17.0. The monoisotopic (exact) mass is 271 g/mol. The molecule has 0 radical (unpaired) electrons. The Morgan fingerprint density at radius 1 is 1.06 bits per heavy atom. The molecule has 0 aromatic rings. The first-order valence-electron chi connectivity index (χ1n) is 5.15. The van der Waals surface area contributed by atoms with Crippen molar-refractivity contribution in [1.29, 1.82) is 0 Å². The summed E-state index contributed by atoms with van der Waals surface area (Å²) in [6.45, 7) is 3.51. The van der Waals surface area contributed by atoms with E-state index in [1.165, 1.54) is 0 Å². The minimum atomic E-state index is -3.32. The van der Waals surface area contributed by atoms with Crippen LogP contribution in [0.15, 0.2) is 0 Å². The second-order valence-corrected chi connectivity index (χ2v) is 9.03. The molecule has 0 aliphatic carbocycles. The van der Waals surface area contributed by atoms with E-state index >= 15 is 0 Å². The smallest absolute Gasteiger partial charge is 0.153 e. The van der Waals surface area contributed by atoms with Gasteiger partial charge in [0.15, 0.2) is 9.84 Å². The summed E-state index contributed by atoms with van der Waals surface area (Å²) in [4.78, 5) is 0. The molecule has 0 bridgehead atoms. The van der Waals surface area contributed by atoms with Gasteiger partial charge in [0.25, 0.3) is 0 Å². The zero-order chi connectivity index (χ0) is 13.0. The summed E-state index contributed by atoms with van der Waals surface area (Å²) in [7, 11) is -4.77. The van der Waals surface area contributed by atoms with Crippen LogP contribution < -0.4 is 5.32 Å². The molecule has 0 heterocycles. The minimum absolute atomic E-state index is 0.100.